The number of nitrogens with zero attached hydrogens (tertiary/aromatic N) is 3. The van der Waals surface area contributed by atoms with Crippen LogP contribution in [0.5, 0.6) is 5.75 Å². The molecule has 26 heavy (non-hydrogen) atoms. The standard InChI is InChI=1S/C17H16N4O3S2/c1-11(12-4-3-5-14(10-12)21(22)23)25-17-20-19-16(26-17)18-13-6-8-15(24-2)9-7-13/h3-11H,1-2H3,(H,18,19)/t11-/m1/s1. The molecular formula is C17H16N4O3S2. The lowest BCUT2D eigenvalue weighted by molar-refractivity contribution is -0.384. The van der Waals surface area contributed by atoms with E-state index < -0.39 is 0 Å². The number of hydrogen-bond acceptors (Lipinski definition) is 8. The SMILES string of the molecule is COc1ccc(Nc2nnc(S[C@H](C)c3cccc([N+](=O)[O-])c3)s2)cc1. The molecule has 0 saturated heterocycles. The van der Waals surface area contributed by atoms with Crippen LogP contribution in [0.15, 0.2) is 52.9 Å². The maximum atomic E-state index is 10.9. The number of methoxy groups -OCH3 is 1. The number of nitro benzene ring substituents is 1. The van der Waals surface area contributed by atoms with Crippen LogP contribution in [0.1, 0.15) is 17.7 Å². The Morgan fingerprint density at radius 3 is 2.69 bits per heavy atom. The zero-order valence-corrected chi connectivity index (χ0v) is 15.7. The van der Waals surface area contributed by atoms with Crippen molar-refractivity contribution in [1.82, 2.24) is 10.2 Å². The van der Waals surface area contributed by atoms with Gasteiger partial charge in [0.25, 0.3) is 5.69 Å². The second kappa shape index (κ2) is 8.15. The minimum Gasteiger partial charge on any atom is -0.497 e. The molecule has 0 bridgehead atoms. The van der Waals surface area contributed by atoms with Crippen LogP contribution in [0.3, 0.4) is 0 Å². The van der Waals surface area contributed by atoms with E-state index in [9.17, 15) is 10.1 Å². The van der Waals surface area contributed by atoms with Crippen LogP contribution in [0.2, 0.25) is 0 Å². The summed E-state index contributed by atoms with van der Waals surface area (Å²) in [5, 5.41) is 23.1. The predicted octanol–water partition coefficient (Wildman–Crippen LogP) is 5.05. The van der Waals surface area contributed by atoms with E-state index in [4.69, 9.17) is 4.74 Å². The van der Waals surface area contributed by atoms with Crippen LogP contribution >= 0.6 is 23.1 Å². The molecule has 1 aromatic heterocycles. The minimum absolute atomic E-state index is 0.0247. The van der Waals surface area contributed by atoms with Crippen LogP contribution in [-0.4, -0.2) is 22.2 Å². The molecule has 1 heterocycles. The van der Waals surface area contributed by atoms with E-state index in [0.717, 1.165) is 21.3 Å². The molecule has 0 fully saturated rings. The van der Waals surface area contributed by atoms with Crippen molar-refractivity contribution in [2.45, 2.75) is 16.5 Å². The smallest absolute Gasteiger partial charge is 0.269 e. The Hall–Kier alpha value is -2.65. The number of aromatic nitrogens is 2. The van der Waals surface area contributed by atoms with Crippen LogP contribution in [0.25, 0.3) is 0 Å². The molecule has 0 aliphatic heterocycles. The molecule has 0 aliphatic carbocycles. The lowest BCUT2D eigenvalue weighted by Gasteiger charge is -2.08. The van der Waals surface area contributed by atoms with Crippen molar-refractivity contribution in [3.8, 4) is 5.75 Å². The highest BCUT2D eigenvalue weighted by atomic mass is 32.2. The first-order valence-electron chi connectivity index (χ1n) is 7.71. The predicted molar refractivity (Wildman–Crippen MR) is 104 cm³/mol. The number of nitro groups is 1. The van der Waals surface area contributed by atoms with E-state index in [1.54, 1.807) is 19.2 Å². The van der Waals surface area contributed by atoms with E-state index in [1.165, 1.54) is 29.2 Å². The lowest BCUT2D eigenvalue weighted by Crippen LogP contribution is -1.92. The molecular weight excluding hydrogens is 372 g/mol. The molecule has 134 valence electrons. The van der Waals surface area contributed by atoms with Gasteiger partial charge in [-0.3, -0.25) is 10.1 Å². The number of nitrogens with one attached hydrogen (secondary N) is 1. The summed E-state index contributed by atoms with van der Waals surface area (Å²) >= 11 is 2.95. The average molecular weight is 388 g/mol. The highest BCUT2D eigenvalue weighted by Crippen LogP contribution is 2.38. The van der Waals surface area contributed by atoms with Crippen molar-refractivity contribution in [3.63, 3.8) is 0 Å². The van der Waals surface area contributed by atoms with Crippen LogP contribution in [-0.2, 0) is 0 Å². The zero-order valence-electron chi connectivity index (χ0n) is 14.1. The summed E-state index contributed by atoms with van der Waals surface area (Å²) < 4.78 is 5.93. The van der Waals surface area contributed by atoms with Gasteiger partial charge in [-0.15, -0.1) is 10.2 Å². The van der Waals surface area contributed by atoms with E-state index >= 15 is 0 Å². The Kier molecular flexibility index (Phi) is 5.69. The lowest BCUT2D eigenvalue weighted by atomic mass is 10.1. The van der Waals surface area contributed by atoms with Crippen molar-refractivity contribution in [2.75, 3.05) is 12.4 Å². The summed E-state index contributed by atoms with van der Waals surface area (Å²) in [6.45, 7) is 1.99. The van der Waals surface area contributed by atoms with Gasteiger partial charge in [0.15, 0.2) is 4.34 Å². The summed E-state index contributed by atoms with van der Waals surface area (Å²) in [5.74, 6) is 0.787. The van der Waals surface area contributed by atoms with Gasteiger partial charge in [-0.2, -0.15) is 0 Å². The van der Waals surface area contributed by atoms with E-state index in [1.807, 2.05) is 37.3 Å². The molecule has 3 rings (SSSR count). The second-order valence-corrected chi connectivity index (χ2v) is 7.90. The molecule has 7 nitrogen and oxygen atoms in total. The number of anilines is 2. The molecule has 0 aliphatic rings. The Bertz CT molecular complexity index is 899. The van der Waals surface area contributed by atoms with E-state index in [2.05, 4.69) is 15.5 Å². The Balaban J connectivity index is 1.65. The average Bonchev–Trinajstić information content (AvgIpc) is 3.09. The molecule has 1 atom stereocenters. The number of hydrogen-bond donors (Lipinski definition) is 1. The van der Waals surface area contributed by atoms with Gasteiger partial charge in [0.1, 0.15) is 5.75 Å². The van der Waals surface area contributed by atoms with Crippen LogP contribution in [0, 0.1) is 10.1 Å². The Labute approximate surface area is 158 Å². The maximum Gasteiger partial charge on any atom is 0.269 e. The molecule has 0 saturated carbocycles. The fourth-order valence-corrected chi connectivity index (χ4v) is 4.25. The topological polar surface area (TPSA) is 90.2 Å². The van der Waals surface area contributed by atoms with E-state index in [-0.39, 0.29) is 15.9 Å². The summed E-state index contributed by atoms with van der Waals surface area (Å²) in [6, 6.07) is 14.2. The number of rotatable bonds is 7. The Morgan fingerprint density at radius 1 is 1.23 bits per heavy atom. The van der Waals surface area contributed by atoms with Crippen molar-refractivity contribution in [3.05, 3.63) is 64.2 Å². The zero-order chi connectivity index (χ0) is 18.5. The van der Waals surface area contributed by atoms with Gasteiger partial charge in [-0.25, -0.2) is 0 Å². The summed E-state index contributed by atoms with van der Waals surface area (Å²) in [5.41, 5.74) is 1.86. The van der Waals surface area contributed by atoms with Gasteiger partial charge in [0, 0.05) is 23.1 Å². The summed E-state index contributed by atoms with van der Waals surface area (Å²) in [4.78, 5) is 10.5. The monoisotopic (exact) mass is 388 g/mol. The third kappa shape index (κ3) is 4.50. The van der Waals surface area contributed by atoms with Gasteiger partial charge >= 0.3 is 0 Å². The largest absolute Gasteiger partial charge is 0.497 e. The number of ether oxygens (including phenoxy) is 1. The molecule has 0 unspecified atom stereocenters. The second-order valence-electron chi connectivity index (χ2n) is 5.34. The molecule has 0 radical (unpaired) electrons. The molecule has 3 aromatic rings. The first-order valence-corrected chi connectivity index (χ1v) is 9.40. The molecule has 0 spiro atoms. The number of thioether (sulfide) groups is 1. The first kappa shape index (κ1) is 18.2. The summed E-state index contributed by atoms with van der Waals surface area (Å²) in [7, 11) is 1.62. The highest BCUT2D eigenvalue weighted by molar-refractivity contribution is 8.01. The van der Waals surface area contributed by atoms with Gasteiger partial charge in [0.2, 0.25) is 5.13 Å². The molecule has 9 heteroatoms. The normalized spacial score (nSPS) is 11.8. The van der Waals surface area contributed by atoms with Crippen molar-refractivity contribution in [2.24, 2.45) is 0 Å². The number of benzene rings is 2. The number of non-ortho nitro benzene ring substituents is 1. The quantitative estimate of drug-likeness (QED) is 0.344. The van der Waals surface area contributed by atoms with Crippen molar-refractivity contribution in [1.29, 1.82) is 0 Å². The minimum atomic E-state index is -0.386. The third-order valence-corrected chi connectivity index (χ3v) is 5.66. The van der Waals surface area contributed by atoms with Crippen LogP contribution < -0.4 is 10.1 Å². The molecule has 1 N–H and O–H groups in total. The fraction of sp³-hybridized carbons (Fsp3) is 0.176. The Morgan fingerprint density at radius 2 is 2.00 bits per heavy atom. The van der Waals surface area contributed by atoms with Gasteiger partial charge in [-0.05, 0) is 36.8 Å². The van der Waals surface area contributed by atoms with Gasteiger partial charge in [-0.1, -0.05) is 35.2 Å². The van der Waals surface area contributed by atoms with Crippen LogP contribution in [0.4, 0.5) is 16.5 Å². The van der Waals surface area contributed by atoms with E-state index in [0.29, 0.717) is 5.13 Å². The summed E-state index contributed by atoms with van der Waals surface area (Å²) in [6.07, 6.45) is 0. The van der Waals surface area contributed by atoms with Crippen molar-refractivity contribution < 1.29 is 9.66 Å². The maximum absolute atomic E-state index is 10.9. The molecule has 2 aromatic carbocycles. The van der Waals surface area contributed by atoms with Gasteiger partial charge in [0.05, 0.1) is 12.0 Å². The third-order valence-electron chi connectivity index (χ3n) is 3.58. The van der Waals surface area contributed by atoms with Crippen molar-refractivity contribution >= 4 is 39.6 Å². The first-order chi connectivity index (χ1) is 12.5. The van der Waals surface area contributed by atoms with Gasteiger partial charge < -0.3 is 10.1 Å². The highest BCUT2D eigenvalue weighted by Gasteiger charge is 2.15. The fourth-order valence-electron chi connectivity index (χ4n) is 2.22. The molecule has 0 amide bonds.